The lowest BCUT2D eigenvalue weighted by Gasteiger charge is -2.30. The van der Waals surface area contributed by atoms with Crippen LogP contribution in [-0.2, 0) is 12.1 Å². The molecule has 4 aromatic carbocycles. The van der Waals surface area contributed by atoms with Gasteiger partial charge in [0.15, 0.2) is 0 Å². The van der Waals surface area contributed by atoms with Crippen molar-refractivity contribution < 1.29 is 0 Å². The number of hydrogen-bond acceptors (Lipinski definition) is 7. The van der Waals surface area contributed by atoms with E-state index in [1.807, 2.05) is 18.2 Å². The lowest BCUT2D eigenvalue weighted by molar-refractivity contribution is 0.567. The zero-order chi connectivity index (χ0) is 34.2. The molecule has 8 rings (SSSR count). The van der Waals surface area contributed by atoms with Crippen LogP contribution in [0.2, 0.25) is 0 Å². The lowest BCUT2D eigenvalue weighted by atomic mass is 9.94. The number of benzene rings is 4. The monoisotopic (exact) mass is 663 g/mol. The zero-order valence-corrected chi connectivity index (χ0v) is 29.5. The van der Waals surface area contributed by atoms with Gasteiger partial charge in [0.2, 0.25) is 5.95 Å². The van der Waals surface area contributed by atoms with E-state index in [1.165, 1.54) is 60.7 Å². The van der Waals surface area contributed by atoms with E-state index in [1.54, 1.807) is 0 Å². The van der Waals surface area contributed by atoms with Crippen molar-refractivity contribution in [2.75, 3.05) is 46.6 Å². The Morgan fingerprint density at radius 2 is 1.14 bits per heavy atom. The maximum atomic E-state index is 4.94. The van der Waals surface area contributed by atoms with E-state index in [2.05, 4.69) is 131 Å². The number of rotatable bonds is 8. The first-order valence-electron chi connectivity index (χ1n) is 18.3. The van der Waals surface area contributed by atoms with E-state index in [-0.39, 0.29) is 5.54 Å². The van der Waals surface area contributed by atoms with Gasteiger partial charge in [-0.1, -0.05) is 91.0 Å². The normalized spacial score (nSPS) is 15.0. The summed E-state index contributed by atoms with van der Waals surface area (Å²) in [6, 6.07) is 39.9. The summed E-state index contributed by atoms with van der Waals surface area (Å²) < 4.78 is 0. The van der Waals surface area contributed by atoms with Gasteiger partial charge >= 0.3 is 0 Å². The molecule has 0 radical (unpaired) electrons. The minimum atomic E-state index is -0.225. The molecule has 0 amide bonds. The fraction of sp³-hybridized carbons (Fsp3) is 0.326. The molecule has 2 fully saturated rings. The van der Waals surface area contributed by atoms with Crippen molar-refractivity contribution in [2.45, 2.75) is 64.5 Å². The molecule has 7 heteroatoms. The van der Waals surface area contributed by atoms with Gasteiger partial charge in [0.1, 0.15) is 11.6 Å². The van der Waals surface area contributed by atoms with Gasteiger partial charge in [-0.15, -0.1) is 0 Å². The fourth-order valence-corrected chi connectivity index (χ4v) is 7.00. The second kappa shape index (κ2) is 15.6. The Kier molecular flexibility index (Phi) is 10.4. The predicted octanol–water partition coefficient (Wildman–Crippen LogP) is 9.80. The average Bonchev–Trinajstić information content (AvgIpc) is 3.18. The van der Waals surface area contributed by atoms with Crippen molar-refractivity contribution in [3.8, 4) is 0 Å². The van der Waals surface area contributed by atoms with Crippen LogP contribution in [0.4, 0.5) is 23.3 Å². The molecule has 2 aliphatic rings. The Hall–Kier alpha value is -5.17. The molecule has 6 aromatic rings. The van der Waals surface area contributed by atoms with Crippen molar-refractivity contribution in [3.63, 3.8) is 0 Å². The van der Waals surface area contributed by atoms with Crippen LogP contribution in [0.3, 0.4) is 0 Å². The largest absolute Gasteiger partial charge is 0.380 e. The molecular weight excluding hydrogens is 615 g/mol. The van der Waals surface area contributed by atoms with Gasteiger partial charge in [0.25, 0.3) is 0 Å². The Balaban J connectivity index is 0.000000157. The molecule has 0 saturated carbocycles. The SMILES string of the molecule is CC(C)(Nc1nc(N2CCCCC2)nc2ccccc12)c1ccccc1.c1ccc(CNc2cc(N3CCCCC3)nc3ccccc23)cc1. The molecule has 0 atom stereocenters. The second-order valence-electron chi connectivity index (χ2n) is 14.0. The second-order valence-corrected chi connectivity index (χ2v) is 14.0. The molecule has 2 aliphatic heterocycles. The number of nitrogens with zero attached hydrogens (tertiary/aromatic N) is 5. The van der Waals surface area contributed by atoms with E-state index in [0.717, 1.165) is 66.7 Å². The number of nitrogens with one attached hydrogen (secondary N) is 2. The Bertz CT molecular complexity index is 1980. The summed E-state index contributed by atoms with van der Waals surface area (Å²) in [5.41, 5.74) is 5.54. The Morgan fingerprint density at radius 1 is 0.580 bits per heavy atom. The van der Waals surface area contributed by atoms with Crippen molar-refractivity contribution in [2.24, 2.45) is 0 Å². The van der Waals surface area contributed by atoms with Gasteiger partial charge in [-0.3, -0.25) is 0 Å². The number of para-hydroxylation sites is 2. The lowest BCUT2D eigenvalue weighted by Crippen LogP contribution is -2.32. The minimum absolute atomic E-state index is 0.225. The molecule has 2 aromatic heterocycles. The summed E-state index contributed by atoms with van der Waals surface area (Å²) in [6.45, 7) is 9.53. The summed E-state index contributed by atoms with van der Waals surface area (Å²) in [5, 5.41) is 9.55. The first-order chi connectivity index (χ1) is 24.5. The highest BCUT2D eigenvalue weighted by atomic mass is 15.3. The van der Waals surface area contributed by atoms with E-state index < -0.39 is 0 Å². The van der Waals surface area contributed by atoms with Crippen molar-refractivity contribution in [3.05, 3.63) is 126 Å². The molecule has 50 heavy (non-hydrogen) atoms. The zero-order valence-electron chi connectivity index (χ0n) is 29.5. The summed E-state index contributed by atoms with van der Waals surface area (Å²) in [6.07, 6.45) is 7.60. The maximum Gasteiger partial charge on any atom is 0.227 e. The first kappa shape index (κ1) is 33.3. The molecular formula is C43H49N7. The van der Waals surface area contributed by atoms with Gasteiger partial charge in [-0.25, -0.2) is 9.97 Å². The predicted molar refractivity (Wildman–Crippen MR) is 210 cm³/mol. The number of aromatic nitrogens is 3. The summed E-state index contributed by atoms with van der Waals surface area (Å²) in [5.74, 6) is 2.85. The van der Waals surface area contributed by atoms with E-state index in [4.69, 9.17) is 15.0 Å². The van der Waals surface area contributed by atoms with Crippen molar-refractivity contribution in [1.29, 1.82) is 0 Å². The van der Waals surface area contributed by atoms with Crippen molar-refractivity contribution >= 4 is 45.1 Å². The average molecular weight is 664 g/mol. The van der Waals surface area contributed by atoms with Crippen molar-refractivity contribution in [1.82, 2.24) is 15.0 Å². The highest BCUT2D eigenvalue weighted by molar-refractivity contribution is 5.93. The topological polar surface area (TPSA) is 69.2 Å². The smallest absolute Gasteiger partial charge is 0.227 e. The number of piperidine rings is 2. The fourth-order valence-electron chi connectivity index (χ4n) is 7.00. The van der Waals surface area contributed by atoms with Gasteiger partial charge in [0.05, 0.1) is 16.6 Å². The third kappa shape index (κ3) is 7.99. The molecule has 4 heterocycles. The van der Waals surface area contributed by atoms with Crippen LogP contribution < -0.4 is 20.4 Å². The molecule has 0 aliphatic carbocycles. The molecule has 0 unspecified atom stereocenters. The number of hydrogen-bond donors (Lipinski definition) is 2. The Labute approximate surface area is 296 Å². The van der Waals surface area contributed by atoms with Gasteiger partial charge in [-0.2, -0.15) is 4.98 Å². The minimum Gasteiger partial charge on any atom is -0.380 e. The molecule has 7 nitrogen and oxygen atoms in total. The highest BCUT2D eigenvalue weighted by Crippen LogP contribution is 2.32. The van der Waals surface area contributed by atoms with Gasteiger partial charge in [0, 0.05) is 55.2 Å². The molecule has 256 valence electrons. The first-order valence-corrected chi connectivity index (χ1v) is 18.3. The van der Waals surface area contributed by atoms with Gasteiger partial charge < -0.3 is 20.4 Å². The molecule has 2 saturated heterocycles. The van der Waals surface area contributed by atoms with Gasteiger partial charge in [-0.05, 0) is 81.7 Å². The maximum absolute atomic E-state index is 4.94. The summed E-state index contributed by atoms with van der Waals surface area (Å²) in [7, 11) is 0. The molecule has 0 bridgehead atoms. The highest BCUT2D eigenvalue weighted by Gasteiger charge is 2.23. The van der Waals surface area contributed by atoms with Crippen LogP contribution in [0, 0.1) is 0 Å². The molecule has 0 spiro atoms. The quantitative estimate of drug-likeness (QED) is 0.168. The van der Waals surface area contributed by atoms with E-state index >= 15 is 0 Å². The summed E-state index contributed by atoms with van der Waals surface area (Å²) >= 11 is 0. The number of pyridine rings is 1. The van der Waals surface area contributed by atoms with E-state index in [9.17, 15) is 0 Å². The van der Waals surface area contributed by atoms with Crippen LogP contribution >= 0.6 is 0 Å². The standard InChI is InChI=1S/C22H26N4.C21H23N3/c1-22(2,17-11-5-3-6-12-17)25-20-18-13-7-8-14-19(18)23-21(24-20)26-15-9-4-10-16-26;1-3-9-17(10-4-1)16-22-20-15-21(24-13-7-2-8-14-24)23-19-12-6-5-11-18(19)20/h3,5-8,11-14H,4,9-10,15-16H2,1-2H3,(H,23,24,25);1,3-6,9-12,15H,2,7-8,13-14,16H2,(H,22,23). The van der Waals surface area contributed by atoms with Crippen LogP contribution in [0.25, 0.3) is 21.8 Å². The third-order valence-electron chi connectivity index (χ3n) is 9.87. The summed E-state index contributed by atoms with van der Waals surface area (Å²) in [4.78, 5) is 19.4. The van der Waals surface area contributed by atoms with E-state index in [0.29, 0.717) is 0 Å². The van der Waals surface area contributed by atoms with Crippen LogP contribution in [0.15, 0.2) is 115 Å². The van der Waals surface area contributed by atoms with Crippen LogP contribution in [0.5, 0.6) is 0 Å². The van der Waals surface area contributed by atoms with Crippen LogP contribution in [-0.4, -0.2) is 41.1 Å². The molecule has 2 N–H and O–H groups in total. The number of anilines is 4. The Morgan fingerprint density at radius 3 is 1.82 bits per heavy atom. The van der Waals surface area contributed by atoms with Crippen LogP contribution in [0.1, 0.15) is 63.5 Å². The third-order valence-corrected chi connectivity index (χ3v) is 9.87. The number of fused-ring (bicyclic) bond motifs is 2.